The first-order chi connectivity index (χ1) is 16.1. The summed E-state index contributed by atoms with van der Waals surface area (Å²) in [5.41, 5.74) is -2.64. The van der Waals surface area contributed by atoms with Crippen molar-refractivity contribution in [3.05, 3.63) is 23.8 Å². The van der Waals surface area contributed by atoms with Crippen LogP contribution in [0.1, 0.15) is 52.4 Å². The Kier molecular flexibility index (Phi) is 1.69. The van der Waals surface area contributed by atoms with Crippen LogP contribution in [0.2, 0.25) is 0 Å². The standard InChI is InChI=1S/C18H29BN2O2/c1-14-13-15(19-22-17(2,3)18(4,5)23-19)7-8-16(14)21-11-9-20(6)10-12-21/h7-8,13H,9-12H2,1-6H3/i1D3,6D3,9D2,10D2,11D2,12D2. The Hall–Kier alpha value is -1.04. The highest BCUT2D eigenvalue weighted by Gasteiger charge is 2.51. The van der Waals surface area contributed by atoms with Crippen molar-refractivity contribution in [3.8, 4) is 0 Å². The third-order valence-corrected chi connectivity index (χ3v) is 4.33. The molecule has 0 saturated carbocycles. The number of rotatable bonds is 2. The number of hydrogen-bond acceptors (Lipinski definition) is 4. The van der Waals surface area contributed by atoms with Crippen LogP contribution in [0, 0.1) is 6.85 Å². The summed E-state index contributed by atoms with van der Waals surface area (Å²) in [5.74, 6) is 0. The zero-order valence-electron chi connectivity index (χ0n) is 27.5. The molecule has 0 N–H and O–H groups in total. The van der Waals surface area contributed by atoms with Crippen LogP contribution >= 0.6 is 0 Å². The molecule has 4 nitrogen and oxygen atoms in total. The lowest BCUT2D eigenvalue weighted by molar-refractivity contribution is 0.00578. The van der Waals surface area contributed by atoms with E-state index in [1.54, 1.807) is 27.7 Å². The van der Waals surface area contributed by atoms with Gasteiger partial charge in [0.25, 0.3) is 0 Å². The van der Waals surface area contributed by atoms with E-state index in [9.17, 15) is 0 Å². The van der Waals surface area contributed by atoms with Crippen molar-refractivity contribution in [2.75, 3.05) is 37.9 Å². The van der Waals surface area contributed by atoms with Gasteiger partial charge in [-0.1, -0.05) is 12.1 Å². The Morgan fingerprint density at radius 1 is 1.09 bits per heavy atom. The average Bonchev–Trinajstić information content (AvgIpc) is 2.85. The number of anilines is 1. The fourth-order valence-electron chi connectivity index (χ4n) is 2.25. The monoisotopic (exact) mass is 330 g/mol. The van der Waals surface area contributed by atoms with Gasteiger partial charge >= 0.3 is 7.12 Å². The van der Waals surface area contributed by atoms with Gasteiger partial charge in [-0.2, -0.15) is 0 Å². The van der Waals surface area contributed by atoms with Crippen LogP contribution in [0.15, 0.2) is 18.2 Å². The van der Waals surface area contributed by atoms with Crippen molar-refractivity contribution >= 4 is 18.3 Å². The van der Waals surface area contributed by atoms with Gasteiger partial charge in [-0.3, -0.25) is 0 Å². The van der Waals surface area contributed by atoms with Gasteiger partial charge in [0.05, 0.1) is 16.7 Å². The van der Waals surface area contributed by atoms with Crippen molar-refractivity contribution < 1.29 is 28.5 Å². The Morgan fingerprint density at radius 2 is 1.74 bits per heavy atom. The zero-order chi connectivity index (χ0) is 29.0. The second-order valence-electron chi connectivity index (χ2n) is 6.48. The lowest BCUT2D eigenvalue weighted by atomic mass is 9.78. The maximum absolute atomic E-state index is 8.48. The van der Waals surface area contributed by atoms with E-state index in [2.05, 4.69) is 0 Å². The predicted molar refractivity (Wildman–Crippen MR) is 96.6 cm³/mol. The lowest BCUT2D eigenvalue weighted by Gasteiger charge is -2.35. The maximum Gasteiger partial charge on any atom is 0.494 e. The van der Waals surface area contributed by atoms with Crippen molar-refractivity contribution in [2.24, 2.45) is 0 Å². The Labute approximate surface area is 160 Å². The minimum absolute atomic E-state index is 0.0396. The molecule has 23 heavy (non-hydrogen) atoms. The topological polar surface area (TPSA) is 24.9 Å². The first-order valence-electron chi connectivity index (χ1n) is 14.2. The second-order valence-corrected chi connectivity index (χ2v) is 6.48. The van der Waals surface area contributed by atoms with Gasteiger partial charge in [-0.15, -0.1) is 0 Å². The minimum atomic E-state index is -3.64. The highest BCUT2D eigenvalue weighted by Crippen LogP contribution is 2.36. The summed E-state index contributed by atoms with van der Waals surface area (Å²) in [6.07, 6.45) is 0. The number of aryl methyl sites for hydroxylation is 1. The molecule has 0 aromatic heterocycles. The van der Waals surface area contributed by atoms with Crippen LogP contribution in [-0.2, 0) is 9.31 Å². The third-order valence-electron chi connectivity index (χ3n) is 4.33. The summed E-state index contributed by atoms with van der Waals surface area (Å²) in [6, 6.07) is 3.41. The molecule has 2 aliphatic heterocycles. The van der Waals surface area contributed by atoms with Crippen molar-refractivity contribution in [3.63, 3.8) is 0 Å². The maximum atomic E-state index is 8.48. The molecule has 2 aliphatic rings. The molecule has 2 saturated heterocycles. The number of likely N-dealkylation sites (N-methyl/N-ethyl adjacent to an activating group) is 1. The molecule has 2 fully saturated rings. The van der Waals surface area contributed by atoms with Crippen molar-refractivity contribution in [2.45, 2.75) is 45.7 Å². The smallest absolute Gasteiger partial charge is 0.399 e. The van der Waals surface area contributed by atoms with E-state index in [-0.39, 0.29) is 10.4 Å². The molecule has 0 unspecified atom stereocenters. The van der Waals surface area contributed by atoms with Crippen LogP contribution < -0.4 is 10.4 Å². The highest BCUT2D eigenvalue weighted by atomic mass is 16.7. The molecule has 5 heteroatoms. The molecule has 0 bridgehead atoms. The summed E-state index contributed by atoms with van der Waals surface area (Å²) < 4.78 is 126. The highest BCUT2D eigenvalue weighted by molar-refractivity contribution is 6.62. The second kappa shape index (κ2) is 5.80. The molecule has 1 aromatic carbocycles. The first kappa shape index (κ1) is 6.70. The molecule has 126 valence electrons. The summed E-state index contributed by atoms with van der Waals surface area (Å²) in [6.45, 7) is -13.8. The lowest BCUT2D eigenvalue weighted by Crippen LogP contribution is -2.45. The van der Waals surface area contributed by atoms with Crippen molar-refractivity contribution in [1.29, 1.82) is 0 Å². The molecule has 0 spiro atoms. The van der Waals surface area contributed by atoms with Crippen molar-refractivity contribution in [1.82, 2.24) is 4.90 Å². The molecule has 0 radical (unpaired) electrons. The Balaban J connectivity index is 2.27. The fraction of sp³-hybridized carbons (Fsp3) is 0.667. The zero-order valence-corrected chi connectivity index (χ0v) is 13.5. The molecule has 1 aromatic rings. The number of benzene rings is 1. The minimum Gasteiger partial charge on any atom is -0.399 e. The summed E-state index contributed by atoms with van der Waals surface area (Å²) >= 11 is 0. The summed E-state index contributed by atoms with van der Waals surface area (Å²) in [7, 11) is -1.03. The van der Waals surface area contributed by atoms with Crippen LogP contribution in [0.3, 0.4) is 0 Å². The molecule has 0 aliphatic carbocycles. The van der Waals surface area contributed by atoms with Gasteiger partial charge in [-0.05, 0) is 58.6 Å². The van der Waals surface area contributed by atoms with Crippen LogP contribution in [-0.4, -0.2) is 56.2 Å². The van der Waals surface area contributed by atoms with Gasteiger partial charge in [0.1, 0.15) is 0 Å². The van der Waals surface area contributed by atoms with E-state index in [0.717, 1.165) is 12.1 Å². The van der Waals surface area contributed by atoms with Crippen LogP contribution in [0.4, 0.5) is 5.69 Å². The van der Waals surface area contributed by atoms with Gasteiger partial charge < -0.3 is 19.1 Å². The predicted octanol–water partition coefficient (Wildman–Crippen LogP) is 2.05. The van der Waals surface area contributed by atoms with Gasteiger partial charge in [0, 0.05) is 45.4 Å². The van der Waals surface area contributed by atoms with Crippen LogP contribution in [0.5, 0.6) is 0 Å². The van der Waals surface area contributed by atoms with E-state index in [1.165, 1.54) is 6.07 Å². The third kappa shape index (κ3) is 3.15. The average molecular weight is 330 g/mol. The molecule has 0 amide bonds. The fourth-order valence-corrected chi connectivity index (χ4v) is 2.25. The van der Waals surface area contributed by atoms with E-state index in [4.69, 9.17) is 28.5 Å². The van der Waals surface area contributed by atoms with Gasteiger partial charge in [0.15, 0.2) is 0 Å². The Morgan fingerprint density at radius 3 is 2.30 bits per heavy atom. The number of nitrogens with zero attached hydrogens (tertiary/aromatic N) is 2. The van der Waals surface area contributed by atoms with Gasteiger partial charge in [0.2, 0.25) is 0 Å². The normalized spacial score (nSPS) is 43.1. The molecule has 2 heterocycles. The summed E-state index contributed by atoms with van der Waals surface area (Å²) in [4.78, 5) is -0.421. The molecule has 0 atom stereocenters. The SMILES string of the molecule is [2H]C([2H])([2H])c1cc(B2OC(C)(C)C(C)(C)O2)ccc1N1C([2H])([2H])C([2H])([2H])N(C([2H])([2H])[2H])C([2H])([2H])C1([2H])[2H]. The van der Waals surface area contributed by atoms with Gasteiger partial charge in [-0.25, -0.2) is 0 Å². The quantitative estimate of drug-likeness (QED) is 0.775. The number of hydrogen-bond donors (Lipinski definition) is 0. The first-order valence-corrected chi connectivity index (χ1v) is 7.25. The van der Waals surface area contributed by atoms with E-state index in [0.29, 0.717) is 0 Å². The van der Waals surface area contributed by atoms with E-state index >= 15 is 0 Å². The van der Waals surface area contributed by atoms with Crippen LogP contribution in [0.25, 0.3) is 0 Å². The van der Waals surface area contributed by atoms with E-state index < -0.39 is 74.3 Å². The Bertz CT molecular complexity index is 1030. The molecule has 3 rings (SSSR count). The van der Waals surface area contributed by atoms with E-state index in [1.807, 2.05) is 0 Å². The number of piperazine rings is 1. The molecular formula is C18H29BN2O2. The largest absolute Gasteiger partial charge is 0.494 e. The summed E-state index contributed by atoms with van der Waals surface area (Å²) in [5, 5.41) is 0. The molecular weight excluding hydrogens is 287 g/mol.